The van der Waals surface area contributed by atoms with Crippen molar-refractivity contribution in [2.45, 2.75) is 122 Å². The van der Waals surface area contributed by atoms with Crippen molar-refractivity contribution in [2.24, 2.45) is 5.41 Å². The molecule has 3 aliphatic rings. The number of hydrogen-bond acceptors (Lipinski definition) is 4. The summed E-state index contributed by atoms with van der Waals surface area (Å²) in [5.41, 5.74) is 3.49. The summed E-state index contributed by atoms with van der Waals surface area (Å²) in [6.45, 7) is 4.46. The molecule has 1 aromatic carbocycles. The second-order valence-electron chi connectivity index (χ2n) is 11.6. The highest BCUT2D eigenvalue weighted by atomic mass is 16.5. The molecule has 0 radical (unpaired) electrons. The standard InChI is InChI=1S/C33H46N2O2/c1-3-5-7-9-11-13-30(36)37-29-25-34-31(35-26-29)27-14-16-28(17-15-27)33-22-19-32(20-23-33,21-24-33)18-12-10-8-6-4-2/h11,13-17,25-26H,3-10,12,18-24H2,1-2H3. The number of carbonyl (C=O) groups excluding carboxylic acids is 1. The highest BCUT2D eigenvalue weighted by molar-refractivity contribution is 5.83. The van der Waals surface area contributed by atoms with E-state index in [2.05, 4.69) is 48.1 Å². The number of carbonyl (C=O) groups is 1. The minimum absolute atomic E-state index is 0.367. The second kappa shape index (κ2) is 13.3. The van der Waals surface area contributed by atoms with E-state index in [1.165, 1.54) is 102 Å². The number of fused-ring (bicyclic) bond motifs is 3. The van der Waals surface area contributed by atoms with Gasteiger partial charge in [-0.15, -0.1) is 0 Å². The van der Waals surface area contributed by atoms with Crippen LogP contribution in [-0.2, 0) is 10.2 Å². The highest BCUT2D eigenvalue weighted by Gasteiger charge is 2.48. The lowest BCUT2D eigenvalue weighted by Gasteiger charge is -2.54. The fourth-order valence-electron chi connectivity index (χ4n) is 6.51. The lowest BCUT2D eigenvalue weighted by atomic mass is 9.51. The first-order chi connectivity index (χ1) is 18.1. The van der Waals surface area contributed by atoms with E-state index >= 15 is 0 Å². The molecule has 2 bridgehead atoms. The van der Waals surface area contributed by atoms with Crippen LogP contribution >= 0.6 is 0 Å². The summed E-state index contributed by atoms with van der Waals surface area (Å²) in [5, 5.41) is 0. The molecule has 3 saturated carbocycles. The van der Waals surface area contributed by atoms with Gasteiger partial charge in [-0.3, -0.25) is 0 Å². The Hall–Kier alpha value is -2.49. The van der Waals surface area contributed by atoms with E-state index in [0.29, 0.717) is 22.4 Å². The van der Waals surface area contributed by atoms with E-state index in [9.17, 15) is 4.79 Å². The van der Waals surface area contributed by atoms with E-state index in [-0.39, 0.29) is 5.97 Å². The summed E-state index contributed by atoms with van der Waals surface area (Å²) < 4.78 is 5.34. The third kappa shape index (κ3) is 7.30. The van der Waals surface area contributed by atoms with Gasteiger partial charge in [-0.25, -0.2) is 14.8 Å². The third-order valence-electron chi connectivity index (χ3n) is 9.04. The molecule has 3 fully saturated rings. The Balaban J connectivity index is 1.28. The number of hydrogen-bond donors (Lipinski definition) is 0. The minimum Gasteiger partial charge on any atom is -0.420 e. The molecule has 0 amide bonds. The van der Waals surface area contributed by atoms with Crippen molar-refractivity contribution in [3.8, 4) is 17.1 Å². The summed E-state index contributed by atoms with van der Waals surface area (Å²) >= 11 is 0. The predicted molar refractivity (Wildman–Crippen MR) is 152 cm³/mol. The van der Waals surface area contributed by atoms with Gasteiger partial charge < -0.3 is 4.74 Å². The smallest absolute Gasteiger partial charge is 0.335 e. The Labute approximate surface area is 224 Å². The number of aromatic nitrogens is 2. The van der Waals surface area contributed by atoms with Crippen molar-refractivity contribution >= 4 is 5.97 Å². The topological polar surface area (TPSA) is 52.1 Å². The third-order valence-corrected chi connectivity index (χ3v) is 9.04. The molecule has 1 aromatic heterocycles. The van der Waals surface area contributed by atoms with Gasteiger partial charge in [0.05, 0.1) is 12.4 Å². The number of nitrogens with zero attached hydrogens (tertiary/aromatic N) is 2. The predicted octanol–water partition coefficient (Wildman–Crippen LogP) is 9.14. The molecular weight excluding hydrogens is 456 g/mol. The van der Waals surface area contributed by atoms with Gasteiger partial charge in [-0.2, -0.15) is 0 Å². The van der Waals surface area contributed by atoms with Crippen LogP contribution in [0.5, 0.6) is 5.75 Å². The summed E-state index contributed by atoms with van der Waals surface area (Å²) in [7, 11) is 0. The lowest BCUT2D eigenvalue weighted by Crippen LogP contribution is -2.44. The fourth-order valence-corrected chi connectivity index (χ4v) is 6.51. The summed E-state index contributed by atoms with van der Waals surface area (Å²) in [6.07, 6.45) is 27.5. The number of rotatable bonds is 14. The van der Waals surface area contributed by atoms with Gasteiger partial charge in [0, 0.05) is 11.6 Å². The number of benzene rings is 1. The SMILES string of the molecule is CCCCCC=CC(=O)Oc1cnc(-c2ccc(C34CCC(CCCCCCC)(CC3)CC4)cc2)nc1. The van der Waals surface area contributed by atoms with Gasteiger partial charge in [0.1, 0.15) is 0 Å². The first-order valence-corrected chi connectivity index (χ1v) is 14.9. The molecule has 0 saturated heterocycles. The van der Waals surface area contributed by atoms with Gasteiger partial charge >= 0.3 is 5.97 Å². The Morgan fingerprint density at radius 2 is 1.46 bits per heavy atom. The minimum atomic E-state index is -0.378. The quantitative estimate of drug-likeness (QED) is 0.147. The van der Waals surface area contributed by atoms with Crippen LogP contribution in [0.2, 0.25) is 0 Å². The van der Waals surface area contributed by atoms with Crippen molar-refractivity contribution in [2.75, 3.05) is 0 Å². The van der Waals surface area contributed by atoms with Gasteiger partial charge in [0.25, 0.3) is 0 Å². The Kier molecular flexibility index (Phi) is 9.94. The molecule has 0 N–H and O–H groups in total. The van der Waals surface area contributed by atoms with Crippen molar-refractivity contribution in [3.05, 3.63) is 54.4 Å². The maximum Gasteiger partial charge on any atom is 0.335 e. The highest BCUT2D eigenvalue weighted by Crippen LogP contribution is 2.59. The van der Waals surface area contributed by atoms with Crippen LogP contribution in [0.25, 0.3) is 11.4 Å². The molecule has 4 heteroatoms. The number of esters is 1. The van der Waals surface area contributed by atoms with E-state index < -0.39 is 0 Å². The zero-order chi connectivity index (χ0) is 26.0. The molecule has 4 nitrogen and oxygen atoms in total. The van der Waals surface area contributed by atoms with Crippen LogP contribution in [0, 0.1) is 5.41 Å². The number of allylic oxidation sites excluding steroid dienone is 1. The van der Waals surface area contributed by atoms with Crippen LogP contribution in [0.3, 0.4) is 0 Å². The van der Waals surface area contributed by atoms with Gasteiger partial charge in [-0.05, 0) is 74.2 Å². The molecule has 37 heavy (non-hydrogen) atoms. The first kappa shape index (κ1) is 27.5. The Morgan fingerprint density at radius 1 is 0.838 bits per heavy atom. The van der Waals surface area contributed by atoms with Crippen molar-refractivity contribution in [3.63, 3.8) is 0 Å². The molecular formula is C33H46N2O2. The Bertz CT molecular complexity index is 985. The monoisotopic (exact) mass is 502 g/mol. The summed E-state index contributed by atoms with van der Waals surface area (Å²) in [6, 6.07) is 8.93. The average molecular weight is 503 g/mol. The molecule has 0 spiro atoms. The van der Waals surface area contributed by atoms with Crippen LogP contribution in [0.4, 0.5) is 0 Å². The van der Waals surface area contributed by atoms with Crippen molar-refractivity contribution < 1.29 is 9.53 Å². The number of unbranched alkanes of at least 4 members (excludes halogenated alkanes) is 7. The van der Waals surface area contributed by atoms with Crippen LogP contribution in [0.1, 0.15) is 122 Å². The molecule has 0 aliphatic heterocycles. The van der Waals surface area contributed by atoms with E-state index in [1.807, 2.05) is 6.08 Å². The van der Waals surface area contributed by atoms with Crippen molar-refractivity contribution in [1.82, 2.24) is 9.97 Å². The molecule has 3 aliphatic carbocycles. The molecule has 5 rings (SSSR count). The lowest BCUT2D eigenvalue weighted by molar-refractivity contribution is -0.129. The molecule has 0 atom stereocenters. The molecule has 0 unspecified atom stereocenters. The van der Waals surface area contributed by atoms with Crippen LogP contribution < -0.4 is 4.74 Å². The molecule has 1 heterocycles. The van der Waals surface area contributed by atoms with Gasteiger partial charge in [-0.1, -0.05) is 89.1 Å². The van der Waals surface area contributed by atoms with Crippen LogP contribution in [0.15, 0.2) is 48.8 Å². The zero-order valence-electron chi connectivity index (χ0n) is 23.1. The maximum absolute atomic E-state index is 12.0. The van der Waals surface area contributed by atoms with Crippen molar-refractivity contribution in [1.29, 1.82) is 0 Å². The zero-order valence-corrected chi connectivity index (χ0v) is 23.1. The fraction of sp³-hybridized carbons (Fsp3) is 0.606. The molecule has 200 valence electrons. The van der Waals surface area contributed by atoms with Gasteiger partial charge in [0.15, 0.2) is 11.6 Å². The van der Waals surface area contributed by atoms with E-state index in [4.69, 9.17) is 4.74 Å². The van der Waals surface area contributed by atoms with Gasteiger partial charge in [0.2, 0.25) is 0 Å². The summed E-state index contributed by atoms with van der Waals surface area (Å²) in [5.74, 6) is 0.658. The van der Waals surface area contributed by atoms with Crippen LogP contribution in [-0.4, -0.2) is 15.9 Å². The molecule has 2 aromatic rings. The normalized spacial score (nSPS) is 23.0. The van der Waals surface area contributed by atoms with E-state index in [0.717, 1.165) is 18.4 Å². The first-order valence-electron chi connectivity index (χ1n) is 14.9. The largest absolute Gasteiger partial charge is 0.420 e. The maximum atomic E-state index is 12.0. The summed E-state index contributed by atoms with van der Waals surface area (Å²) in [4.78, 5) is 20.9. The number of ether oxygens (including phenoxy) is 1. The second-order valence-corrected chi connectivity index (χ2v) is 11.6. The van der Waals surface area contributed by atoms with E-state index in [1.54, 1.807) is 12.4 Å². The average Bonchev–Trinajstić information content (AvgIpc) is 2.94. The Morgan fingerprint density at radius 3 is 2.11 bits per heavy atom.